The average Bonchev–Trinajstić information content (AvgIpc) is 3.46. The lowest BCUT2D eigenvalue weighted by Crippen LogP contribution is -2.01. The van der Waals surface area contributed by atoms with E-state index in [0.717, 1.165) is 16.1 Å². The van der Waals surface area contributed by atoms with Crippen LogP contribution in [0.2, 0.25) is 0 Å². The van der Waals surface area contributed by atoms with E-state index in [-0.39, 0.29) is 6.61 Å². The van der Waals surface area contributed by atoms with Crippen LogP contribution in [0.15, 0.2) is 65.5 Å². The SMILES string of the molecule is O=C(/C=C/c1ccccc1)OCc1cn(-c2nc(-c3cccs3)cs2)nn1. The highest BCUT2D eigenvalue weighted by molar-refractivity contribution is 7.15. The number of nitrogens with zero attached hydrogens (tertiary/aromatic N) is 4. The van der Waals surface area contributed by atoms with Gasteiger partial charge >= 0.3 is 5.97 Å². The number of esters is 1. The molecule has 0 bridgehead atoms. The number of ether oxygens (including phenoxy) is 1. The van der Waals surface area contributed by atoms with Gasteiger partial charge in [0.1, 0.15) is 12.3 Å². The number of hydrogen-bond donors (Lipinski definition) is 0. The second-order valence-corrected chi connectivity index (χ2v) is 7.28. The molecule has 27 heavy (non-hydrogen) atoms. The van der Waals surface area contributed by atoms with Crippen molar-refractivity contribution in [2.24, 2.45) is 0 Å². The van der Waals surface area contributed by atoms with Crippen LogP contribution in [0, 0.1) is 0 Å². The molecule has 0 radical (unpaired) electrons. The van der Waals surface area contributed by atoms with Crippen LogP contribution in [-0.2, 0) is 16.1 Å². The Morgan fingerprint density at radius 3 is 2.85 bits per heavy atom. The van der Waals surface area contributed by atoms with Gasteiger partial charge in [0.05, 0.1) is 16.8 Å². The molecule has 0 aliphatic heterocycles. The van der Waals surface area contributed by atoms with Gasteiger partial charge in [0, 0.05) is 11.5 Å². The first-order valence-electron chi connectivity index (χ1n) is 8.09. The number of rotatable bonds is 6. The minimum atomic E-state index is -0.428. The Hall–Kier alpha value is -3.10. The first-order chi connectivity index (χ1) is 13.3. The third-order valence-corrected chi connectivity index (χ3v) is 5.30. The molecule has 0 saturated carbocycles. The van der Waals surface area contributed by atoms with E-state index in [2.05, 4.69) is 15.3 Å². The van der Waals surface area contributed by atoms with Gasteiger partial charge < -0.3 is 4.74 Å². The summed E-state index contributed by atoms with van der Waals surface area (Å²) < 4.78 is 6.79. The first kappa shape index (κ1) is 17.3. The van der Waals surface area contributed by atoms with Crippen molar-refractivity contribution in [3.05, 3.63) is 76.8 Å². The number of thiazole rings is 1. The van der Waals surface area contributed by atoms with E-state index in [0.29, 0.717) is 10.8 Å². The van der Waals surface area contributed by atoms with Crippen LogP contribution in [0.5, 0.6) is 0 Å². The minimum Gasteiger partial charge on any atom is -0.456 e. The molecule has 4 rings (SSSR count). The van der Waals surface area contributed by atoms with Crippen LogP contribution in [0.3, 0.4) is 0 Å². The van der Waals surface area contributed by atoms with Gasteiger partial charge in [-0.25, -0.2) is 9.78 Å². The van der Waals surface area contributed by atoms with Crippen LogP contribution in [-0.4, -0.2) is 25.9 Å². The van der Waals surface area contributed by atoms with Gasteiger partial charge in [-0.05, 0) is 23.1 Å². The summed E-state index contributed by atoms with van der Waals surface area (Å²) in [6.45, 7) is 0.0567. The maximum absolute atomic E-state index is 11.8. The van der Waals surface area contributed by atoms with E-state index in [4.69, 9.17) is 4.74 Å². The van der Waals surface area contributed by atoms with Gasteiger partial charge in [0.25, 0.3) is 0 Å². The summed E-state index contributed by atoms with van der Waals surface area (Å²) in [7, 11) is 0. The van der Waals surface area contributed by atoms with Crippen molar-refractivity contribution in [3.63, 3.8) is 0 Å². The normalized spacial score (nSPS) is 11.1. The maximum Gasteiger partial charge on any atom is 0.331 e. The average molecular weight is 394 g/mol. The van der Waals surface area contributed by atoms with Crippen molar-refractivity contribution in [1.82, 2.24) is 20.0 Å². The molecular weight excluding hydrogens is 380 g/mol. The molecule has 3 aromatic heterocycles. The monoisotopic (exact) mass is 394 g/mol. The van der Waals surface area contributed by atoms with Crippen LogP contribution >= 0.6 is 22.7 Å². The van der Waals surface area contributed by atoms with Crippen molar-refractivity contribution < 1.29 is 9.53 Å². The van der Waals surface area contributed by atoms with Gasteiger partial charge in [-0.1, -0.05) is 41.6 Å². The molecule has 0 amide bonds. The van der Waals surface area contributed by atoms with Gasteiger partial charge in [0.15, 0.2) is 0 Å². The molecule has 134 valence electrons. The number of benzene rings is 1. The van der Waals surface area contributed by atoms with Crippen molar-refractivity contribution in [2.45, 2.75) is 6.61 Å². The zero-order chi connectivity index (χ0) is 18.5. The summed E-state index contributed by atoms with van der Waals surface area (Å²) in [5.41, 5.74) is 2.41. The van der Waals surface area contributed by atoms with Crippen LogP contribution in [0.1, 0.15) is 11.3 Å². The lowest BCUT2D eigenvalue weighted by Gasteiger charge is -1.97. The molecule has 0 aliphatic rings. The standard InChI is InChI=1S/C19H14N4O2S2/c24-18(9-8-14-5-2-1-3-6-14)25-12-15-11-23(22-21-15)19-20-16(13-27-19)17-7-4-10-26-17/h1-11,13H,12H2/b9-8+. The maximum atomic E-state index is 11.8. The predicted octanol–water partition coefficient (Wildman–Crippen LogP) is 4.21. The molecule has 0 fully saturated rings. The Balaban J connectivity index is 1.36. The number of thiophene rings is 1. The molecule has 0 aliphatic carbocycles. The number of hydrogen-bond acceptors (Lipinski definition) is 7. The summed E-state index contributed by atoms with van der Waals surface area (Å²) in [6.07, 6.45) is 4.82. The van der Waals surface area contributed by atoms with Crippen molar-refractivity contribution in [3.8, 4) is 15.7 Å². The second kappa shape index (κ2) is 8.07. The lowest BCUT2D eigenvalue weighted by molar-refractivity contribution is -0.139. The fourth-order valence-electron chi connectivity index (χ4n) is 2.29. The fraction of sp³-hybridized carbons (Fsp3) is 0.0526. The highest BCUT2D eigenvalue weighted by Crippen LogP contribution is 2.27. The van der Waals surface area contributed by atoms with E-state index in [1.165, 1.54) is 17.4 Å². The number of carbonyl (C=O) groups excluding carboxylic acids is 1. The molecule has 0 saturated heterocycles. The van der Waals surface area contributed by atoms with Crippen molar-refractivity contribution in [1.29, 1.82) is 0 Å². The van der Waals surface area contributed by atoms with E-state index in [1.807, 2.05) is 53.2 Å². The summed E-state index contributed by atoms with van der Waals surface area (Å²) in [6, 6.07) is 13.6. The van der Waals surface area contributed by atoms with E-state index in [1.54, 1.807) is 28.3 Å². The highest BCUT2D eigenvalue weighted by atomic mass is 32.1. The quantitative estimate of drug-likeness (QED) is 0.362. The highest BCUT2D eigenvalue weighted by Gasteiger charge is 2.10. The molecule has 6 nitrogen and oxygen atoms in total. The van der Waals surface area contributed by atoms with Gasteiger partial charge in [-0.3, -0.25) is 0 Å². The Morgan fingerprint density at radius 1 is 1.15 bits per heavy atom. The smallest absolute Gasteiger partial charge is 0.331 e. The Bertz CT molecular complexity index is 1050. The summed E-state index contributed by atoms with van der Waals surface area (Å²) in [4.78, 5) is 17.5. The van der Waals surface area contributed by atoms with Crippen LogP contribution < -0.4 is 0 Å². The van der Waals surface area contributed by atoms with Crippen molar-refractivity contribution >= 4 is 34.7 Å². The molecule has 0 atom stereocenters. The second-order valence-electron chi connectivity index (χ2n) is 5.50. The first-order valence-corrected chi connectivity index (χ1v) is 9.85. The Morgan fingerprint density at radius 2 is 2.04 bits per heavy atom. The largest absolute Gasteiger partial charge is 0.456 e. The van der Waals surface area contributed by atoms with Crippen LogP contribution in [0.25, 0.3) is 21.8 Å². The molecule has 0 spiro atoms. The zero-order valence-corrected chi connectivity index (χ0v) is 15.7. The Kier molecular flexibility index (Phi) is 5.17. The molecule has 1 aromatic carbocycles. The van der Waals surface area contributed by atoms with Crippen LogP contribution in [0.4, 0.5) is 0 Å². The zero-order valence-electron chi connectivity index (χ0n) is 14.1. The van der Waals surface area contributed by atoms with E-state index >= 15 is 0 Å². The summed E-state index contributed by atoms with van der Waals surface area (Å²) in [5.74, 6) is -0.428. The predicted molar refractivity (Wildman–Crippen MR) is 106 cm³/mol. The number of carbonyl (C=O) groups is 1. The third-order valence-electron chi connectivity index (χ3n) is 3.58. The topological polar surface area (TPSA) is 69.9 Å². The fourth-order valence-corrected chi connectivity index (χ4v) is 3.79. The van der Waals surface area contributed by atoms with E-state index in [9.17, 15) is 4.79 Å². The van der Waals surface area contributed by atoms with Crippen molar-refractivity contribution in [2.75, 3.05) is 0 Å². The molecular formula is C19H14N4O2S2. The number of aromatic nitrogens is 4. The van der Waals surface area contributed by atoms with Gasteiger partial charge in [0.2, 0.25) is 5.13 Å². The summed E-state index contributed by atoms with van der Waals surface area (Å²) >= 11 is 3.12. The lowest BCUT2D eigenvalue weighted by atomic mass is 10.2. The van der Waals surface area contributed by atoms with Gasteiger partial charge in [-0.2, -0.15) is 4.68 Å². The molecule has 8 heteroatoms. The van der Waals surface area contributed by atoms with Gasteiger partial charge in [-0.15, -0.1) is 27.8 Å². The summed E-state index contributed by atoms with van der Waals surface area (Å²) in [5, 5.41) is 12.8. The molecule has 0 unspecified atom stereocenters. The van der Waals surface area contributed by atoms with E-state index < -0.39 is 5.97 Å². The minimum absolute atomic E-state index is 0.0567. The third kappa shape index (κ3) is 4.36. The molecule has 3 heterocycles. The molecule has 0 N–H and O–H groups in total. The Labute approximate surface area is 163 Å². The molecule has 4 aromatic rings.